The Balaban J connectivity index is 3.30. The molecule has 0 aliphatic carbocycles. The summed E-state index contributed by atoms with van der Waals surface area (Å²) in [4.78, 5) is 10.5. The van der Waals surface area contributed by atoms with Crippen LogP contribution in [-0.4, -0.2) is 27.6 Å². The fourth-order valence-electron chi connectivity index (χ4n) is 1.59. The minimum Gasteiger partial charge on any atom is -0.496 e. The van der Waals surface area contributed by atoms with Gasteiger partial charge in [0, 0.05) is 18.1 Å². The molecule has 0 aliphatic rings. The number of aldehydes is 1. The lowest BCUT2D eigenvalue weighted by Gasteiger charge is -2.16. The van der Waals surface area contributed by atoms with Gasteiger partial charge in [-0.15, -0.1) is 0 Å². The Bertz CT molecular complexity index is 404. The molecule has 0 saturated carbocycles. The first-order valence-electron chi connectivity index (χ1n) is 5.10. The van der Waals surface area contributed by atoms with Gasteiger partial charge in [-0.3, -0.25) is 0 Å². The molecule has 0 bridgehead atoms. The Morgan fingerprint density at radius 2 is 1.82 bits per heavy atom. The van der Waals surface area contributed by atoms with Crippen LogP contribution in [0, 0.1) is 0 Å². The number of carbonyl (C=O) groups excluding carboxylic acids is 1. The molecule has 0 amide bonds. The molecule has 0 fully saturated rings. The Morgan fingerprint density at radius 3 is 2.29 bits per heavy atom. The third-order valence-electron chi connectivity index (χ3n) is 2.40. The molecule has 17 heavy (non-hydrogen) atoms. The summed E-state index contributed by atoms with van der Waals surface area (Å²) in [6.45, 7) is 0. The van der Waals surface area contributed by atoms with Gasteiger partial charge >= 0.3 is 0 Å². The zero-order chi connectivity index (χ0) is 12.8. The number of halogens is 1. The second-order valence-corrected chi connectivity index (χ2v) is 4.11. The van der Waals surface area contributed by atoms with Gasteiger partial charge < -0.3 is 19.0 Å². The van der Waals surface area contributed by atoms with E-state index in [1.165, 1.54) is 0 Å². The fraction of sp³-hybridized carbons (Fsp3) is 0.417. The highest BCUT2D eigenvalue weighted by Gasteiger charge is 2.17. The van der Waals surface area contributed by atoms with Crippen LogP contribution in [0.1, 0.15) is 12.0 Å². The average Bonchev–Trinajstić information content (AvgIpc) is 2.36. The lowest BCUT2D eigenvalue weighted by Crippen LogP contribution is -1.99. The van der Waals surface area contributed by atoms with Gasteiger partial charge in [-0.2, -0.15) is 0 Å². The van der Waals surface area contributed by atoms with E-state index in [1.54, 1.807) is 27.4 Å². The van der Waals surface area contributed by atoms with Gasteiger partial charge in [-0.1, -0.05) is 0 Å². The lowest BCUT2D eigenvalue weighted by atomic mass is 10.1. The standard InChI is InChI=1S/C12H15BrO4/c1-15-9-7-10(16-2)12(17-3)11(13)8(9)5-4-6-14/h6-7H,4-5H2,1-3H3. The lowest BCUT2D eigenvalue weighted by molar-refractivity contribution is -0.107. The van der Waals surface area contributed by atoms with Crippen LogP contribution >= 0.6 is 15.9 Å². The Labute approximate surface area is 109 Å². The molecule has 0 N–H and O–H groups in total. The van der Waals surface area contributed by atoms with Crippen molar-refractivity contribution in [3.05, 3.63) is 16.1 Å². The van der Waals surface area contributed by atoms with Crippen molar-refractivity contribution >= 4 is 22.2 Å². The molecule has 4 nitrogen and oxygen atoms in total. The zero-order valence-electron chi connectivity index (χ0n) is 10.1. The first kappa shape index (κ1) is 13.8. The number of methoxy groups -OCH3 is 3. The molecule has 94 valence electrons. The van der Waals surface area contributed by atoms with E-state index < -0.39 is 0 Å². The number of hydrogen-bond acceptors (Lipinski definition) is 4. The summed E-state index contributed by atoms with van der Waals surface area (Å²) < 4.78 is 16.5. The summed E-state index contributed by atoms with van der Waals surface area (Å²) in [5, 5.41) is 0. The summed E-state index contributed by atoms with van der Waals surface area (Å²) in [7, 11) is 4.71. The maximum Gasteiger partial charge on any atom is 0.175 e. The second-order valence-electron chi connectivity index (χ2n) is 3.31. The van der Waals surface area contributed by atoms with Gasteiger partial charge in [0.15, 0.2) is 11.5 Å². The summed E-state index contributed by atoms with van der Waals surface area (Å²) in [6.07, 6.45) is 1.90. The third-order valence-corrected chi connectivity index (χ3v) is 3.24. The highest BCUT2D eigenvalue weighted by molar-refractivity contribution is 9.10. The van der Waals surface area contributed by atoms with E-state index in [2.05, 4.69) is 15.9 Å². The van der Waals surface area contributed by atoms with E-state index in [0.29, 0.717) is 30.1 Å². The van der Waals surface area contributed by atoms with E-state index in [9.17, 15) is 4.79 Å². The monoisotopic (exact) mass is 302 g/mol. The van der Waals surface area contributed by atoms with Crippen LogP contribution in [0.4, 0.5) is 0 Å². The predicted molar refractivity (Wildman–Crippen MR) is 68.2 cm³/mol. The minimum absolute atomic E-state index is 0.435. The smallest absolute Gasteiger partial charge is 0.175 e. The first-order valence-corrected chi connectivity index (χ1v) is 5.89. The van der Waals surface area contributed by atoms with Crippen LogP contribution in [0.25, 0.3) is 0 Å². The van der Waals surface area contributed by atoms with Gasteiger partial charge in [0.1, 0.15) is 12.0 Å². The van der Waals surface area contributed by atoms with Crippen LogP contribution < -0.4 is 14.2 Å². The number of benzene rings is 1. The highest BCUT2D eigenvalue weighted by Crippen LogP contribution is 2.43. The van der Waals surface area contributed by atoms with E-state index >= 15 is 0 Å². The summed E-state index contributed by atoms with van der Waals surface area (Å²) in [5.41, 5.74) is 0.900. The zero-order valence-corrected chi connectivity index (χ0v) is 11.7. The van der Waals surface area contributed by atoms with Crippen molar-refractivity contribution in [3.8, 4) is 17.2 Å². The molecular formula is C12H15BrO4. The maximum atomic E-state index is 10.5. The fourth-order valence-corrected chi connectivity index (χ4v) is 2.34. The Kier molecular flexibility index (Phi) is 5.28. The van der Waals surface area contributed by atoms with Crippen molar-refractivity contribution in [3.63, 3.8) is 0 Å². The molecule has 5 heteroatoms. The molecule has 0 aliphatic heterocycles. The molecule has 1 rings (SSSR count). The Morgan fingerprint density at radius 1 is 1.18 bits per heavy atom. The second kappa shape index (κ2) is 6.49. The first-order chi connectivity index (χ1) is 8.19. The van der Waals surface area contributed by atoms with Crippen molar-refractivity contribution in [2.75, 3.05) is 21.3 Å². The van der Waals surface area contributed by atoms with E-state index in [-0.39, 0.29) is 0 Å². The van der Waals surface area contributed by atoms with Crippen LogP contribution in [0.5, 0.6) is 17.2 Å². The summed E-state index contributed by atoms with van der Waals surface area (Å²) in [5.74, 6) is 1.87. The molecule has 0 atom stereocenters. The van der Waals surface area contributed by atoms with E-state index in [4.69, 9.17) is 14.2 Å². The molecule has 0 unspecified atom stereocenters. The minimum atomic E-state index is 0.435. The third kappa shape index (κ3) is 2.91. The molecule has 1 aromatic rings. The van der Waals surface area contributed by atoms with Crippen LogP contribution in [0.15, 0.2) is 10.5 Å². The summed E-state index contributed by atoms with van der Waals surface area (Å²) >= 11 is 3.45. The molecule has 0 aromatic heterocycles. The Hall–Kier alpha value is -1.23. The van der Waals surface area contributed by atoms with Crippen LogP contribution in [-0.2, 0) is 11.2 Å². The molecule has 0 radical (unpaired) electrons. The molecule has 0 spiro atoms. The van der Waals surface area contributed by atoms with E-state index in [1.807, 2.05) is 0 Å². The topological polar surface area (TPSA) is 44.8 Å². The quantitative estimate of drug-likeness (QED) is 0.758. The number of rotatable bonds is 6. The van der Waals surface area contributed by atoms with Gasteiger partial charge in [0.25, 0.3) is 0 Å². The number of hydrogen-bond donors (Lipinski definition) is 0. The van der Waals surface area contributed by atoms with Crippen molar-refractivity contribution in [2.45, 2.75) is 12.8 Å². The van der Waals surface area contributed by atoms with Crippen molar-refractivity contribution < 1.29 is 19.0 Å². The van der Waals surface area contributed by atoms with Crippen molar-refractivity contribution in [2.24, 2.45) is 0 Å². The normalized spacial score (nSPS) is 9.88. The van der Waals surface area contributed by atoms with Gasteiger partial charge in [-0.25, -0.2) is 0 Å². The number of carbonyl (C=O) groups is 1. The van der Waals surface area contributed by atoms with Crippen molar-refractivity contribution in [1.82, 2.24) is 0 Å². The van der Waals surface area contributed by atoms with E-state index in [0.717, 1.165) is 16.3 Å². The van der Waals surface area contributed by atoms with Gasteiger partial charge in [-0.05, 0) is 22.4 Å². The maximum absolute atomic E-state index is 10.5. The SMILES string of the molecule is COc1cc(OC)c(OC)c(Br)c1CCC=O. The highest BCUT2D eigenvalue weighted by atomic mass is 79.9. The predicted octanol–water partition coefficient (Wildman–Crippen LogP) is 2.61. The average molecular weight is 303 g/mol. The van der Waals surface area contributed by atoms with Crippen LogP contribution in [0.3, 0.4) is 0 Å². The molecule has 0 saturated heterocycles. The largest absolute Gasteiger partial charge is 0.496 e. The van der Waals surface area contributed by atoms with Gasteiger partial charge in [0.05, 0.1) is 25.8 Å². The van der Waals surface area contributed by atoms with Gasteiger partial charge in [0.2, 0.25) is 0 Å². The number of ether oxygens (including phenoxy) is 3. The van der Waals surface area contributed by atoms with Crippen LogP contribution in [0.2, 0.25) is 0 Å². The molecular weight excluding hydrogens is 288 g/mol. The van der Waals surface area contributed by atoms with Crippen molar-refractivity contribution in [1.29, 1.82) is 0 Å². The summed E-state index contributed by atoms with van der Waals surface area (Å²) in [6, 6.07) is 1.75. The molecule has 1 aromatic carbocycles. The molecule has 0 heterocycles.